The molecule has 0 heterocycles. The first-order valence-electron chi connectivity index (χ1n) is 8.39. The van der Waals surface area contributed by atoms with Crippen LogP contribution in [0.25, 0.3) is 5.57 Å². The van der Waals surface area contributed by atoms with Crippen molar-refractivity contribution in [3.63, 3.8) is 0 Å². The molecule has 0 atom stereocenters. The van der Waals surface area contributed by atoms with Gasteiger partial charge in [0.1, 0.15) is 0 Å². The van der Waals surface area contributed by atoms with Crippen molar-refractivity contribution in [2.75, 3.05) is 24.4 Å². The Labute approximate surface area is 178 Å². The first kappa shape index (κ1) is 23.0. The van der Waals surface area contributed by atoms with Gasteiger partial charge < -0.3 is 0 Å². The second kappa shape index (κ2) is 11.6. The molecule has 0 saturated heterocycles. The zero-order valence-electron chi connectivity index (χ0n) is 15.2. The maximum absolute atomic E-state index is 3.63. The molecule has 26 heavy (non-hydrogen) atoms. The summed E-state index contributed by atoms with van der Waals surface area (Å²) < 4.78 is 4.79. The van der Waals surface area contributed by atoms with Crippen LogP contribution < -0.4 is 3.80 Å². The molecular weight excluding hydrogens is 399 g/mol. The molecular formula is C21H26Cl2N2Ti. The van der Waals surface area contributed by atoms with Gasteiger partial charge in [0.2, 0.25) is 0 Å². The van der Waals surface area contributed by atoms with Gasteiger partial charge in [0.15, 0.2) is 0 Å². The van der Waals surface area contributed by atoms with Crippen LogP contribution >= 0.6 is 24.8 Å². The van der Waals surface area contributed by atoms with E-state index in [0.29, 0.717) is 0 Å². The Balaban J connectivity index is 0.00000169. The maximum Gasteiger partial charge on any atom is -0.147 e. The van der Waals surface area contributed by atoms with Crippen LogP contribution in [0.3, 0.4) is 0 Å². The van der Waals surface area contributed by atoms with E-state index in [1.54, 1.807) is 0 Å². The fraction of sp³-hybridized carbons (Fsp3) is 0.238. The van der Waals surface area contributed by atoms with E-state index >= 15 is 0 Å². The molecule has 138 valence electrons. The smallest absolute Gasteiger partial charge is 0.147 e. The number of para-hydroxylation sites is 1. The molecule has 2 nitrogen and oxygen atoms in total. The first-order chi connectivity index (χ1) is 11.7. The van der Waals surface area contributed by atoms with Crippen molar-refractivity contribution in [3.05, 3.63) is 83.4 Å². The summed E-state index contributed by atoms with van der Waals surface area (Å²) in [5.41, 5.74) is 7.05. The van der Waals surface area contributed by atoms with E-state index in [2.05, 4.69) is 89.5 Å². The van der Waals surface area contributed by atoms with E-state index in [1.165, 1.54) is 28.0 Å². The fourth-order valence-electron chi connectivity index (χ4n) is 3.00. The van der Waals surface area contributed by atoms with Gasteiger partial charge in [-0.1, -0.05) is 0 Å². The summed E-state index contributed by atoms with van der Waals surface area (Å²) in [5.74, 6) is 0. The topological polar surface area (TPSA) is 15.3 Å². The number of allylic oxidation sites excluding steroid dienone is 2. The summed E-state index contributed by atoms with van der Waals surface area (Å²) in [7, 11) is 4.25. The molecule has 2 aromatic carbocycles. The van der Waals surface area contributed by atoms with Crippen LogP contribution in [0.2, 0.25) is 0 Å². The van der Waals surface area contributed by atoms with Crippen molar-refractivity contribution in [1.29, 1.82) is 0 Å². The number of halogens is 2. The third kappa shape index (κ3) is 6.61. The van der Waals surface area contributed by atoms with Gasteiger partial charge in [-0.3, -0.25) is 0 Å². The van der Waals surface area contributed by atoms with Crippen molar-refractivity contribution in [3.8, 4) is 0 Å². The Hall–Kier alpha value is -1.03. The minimum absolute atomic E-state index is 0. The van der Waals surface area contributed by atoms with Crippen molar-refractivity contribution < 1.29 is 19.4 Å². The zero-order chi connectivity index (χ0) is 16.8. The third-order valence-electron chi connectivity index (χ3n) is 4.09. The molecule has 1 aliphatic carbocycles. The van der Waals surface area contributed by atoms with Crippen LogP contribution in [-0.4, -0.2) is 25.5 Å². The van der Waals surface area contributed by atoms with Crippen molar-refractivity contribution in [2.24, 2.45) is 0 Å². The molecule has 0 radical (unpaired) electrons. The molecule has 0 aromatic heterocycles. The average molecular weight is 425 g/mol. The number of nitrogens with zero attached hydrogens (tertiary/aromatic N) is 1. The van der Waals surface area contributed by atoms with Gasteiger partial charge in [0.25, 0.3) is 0 Å². The van der Waals surface area contributed by atoms with Crippen molar-refractivity contribution in [1.82, 2.24) is 4.90 Å². The summed E-state index contributed by atoms with van der Waals surface area (Å²) >= 11 is -0.235. The quantitative estimate of drug-likeness (QED) is 0.597. The zero-order valence-corrected chi connectivity index (χ0v) is 18.4. The first-order valence-corrected chi connectivity index (χ1v) is 10.3. The molecule has 1 aliphatic rings. The molecule has 1 N–H and O–H groups in total. The van der Waals surface area contributed by atoms with Gasteiger partial charge in [-0.05, 0) is 0 Å². The minimum atomic E-state index is -0.235. The molecule has 5 heteroatoms. The fourth-order valence-corrected chi connectivity index (χ4v) is 4.49. The third-order valence-corrected chi connectivity index (χ3v) is 5.69. The Morgan fingerprint density at radius 1 is 0.962 bits per heavy atom. The van der Waals surface area contributed by atoms with Crippen LogP contribution in [0.1, 0.15) is 17.5 Å². The molecule has 3 rings (SSSR count). The van der Waals surface area contributed by atoms with Gasteiger partial charge in [-0.2, -0.15) is 0 Å². The van der Waals surface area contributed by atoms with E-state index in [1.807, 2.05) is 0 Å². The second-order valence-corrected chi connectivity index (χ2v) is 7.89. The van der Waals surface area contributed by atoms with E-state index in [4.69, 9.17) is 0 Å². The number of benzene rings is 2. The van der Waals surface area contributed by atoms with Gasteiger partial charge >= 0.3 is 155 Å². The van der Waals surface area contributed by atoms with Crippen LogP contribution in [0, 0.1) is 0 Å². The summed E-state index contributed by atoms with van der Waals surface area (Å²) in [5, 5.41) is 0. The number of hydrogen-bond donors (Lipinski definition) is 1. The number of hydrogen-bond acceptors (Lipinski definition) is 2. The molecule has 0 unspecified atom stereocenters. The predicted molar refractivity (Wildman–Crippen MR) is 114 cm³/mol. The van der Waals surface area contributed by atoms with E-state index in [9.17, 15) is 0 Å². The number of nitrogens with one attached hydrogen (secondary N) is 1. The molecule has 0 saturated carbocycles. The largest absolute Gasteiger partial charge is 0.147 e. The monoisotopic (exact) mass is 424 g/mol. The Kier molecular flexibility index (Phi) is 10.3. The normalized spacial score (nSPS) is 12.6. The molecule has 0 spiro atoms. The molecule has 2 aromatic rings. The second-order valence-electron chi connectivity index (χ2n) is 6.39. The Bertz CT molecular complexity index is 743. The number of likely N-dealkylation sites (N-methyl/N-ethyl adjacent to an activating group) is 1. The van der Waals surface area contributed by atoms with Gasteiger partial charge in [-0.25, -0.2) is 0 Å². The average Bonchev–Trinajstić information content (AvgIpc) is 3.04. The Morgan fingerprint density at radius 3 is 2.38 bits per heavy atom. The Morgan fingerprint density at radius 2 is 1.65 bits per heavy atom. The molecule has 0 amide bonds. The van der Waals surface area contributed by atoms with Crippen LogP contribution in [0.15, 0.2) is 72.3 Å². The minimum Gasteiger partial charge on any atom is -0.147 e. The maximum atomic E-state index is 3.63. The number of anilines is 1. The predicted octanol–water partition coefficient (Wildman–Crippen LogP) is 5.41. The van der Waals surface area contributed by atoms with Crippen LogP contribution in [-0.2, 0) is 24.1 Å². The standard InChI is InChI=1S/C15H18N.C6H6N.2ClH.Ti/c1-12-6-4-5-7-15(12)14-9-8-13(10-14)11-16(2)3;7-6-4-2-1-3-5-6;;;/h4-8,10H,1,9,11H2,2-3H3;1-5,7H;2*1H;/q;-1;;;+1. The SMILES string of the molecule is CN(C)CC1=CCC(c2ccccc2[CH2][Ti][NH]c2ccccc2)=C1.Cl.Cl. The van der Waals surface area contributed by atoms with Crippen LogP contribution in [0.4, 0.5) is 5.69 Å². The van der Waals surface area contributed by atoms with Gasteiger partial charge in [0, 0.05) is 0 Å². The molecule has 0 bridgehead atoms. The molecule has 0 fully saturated rings. The van der Waals surface area contributed by atoms with Crippen molar-refractivity contribution in [2.45, 2.75) is 11.1 Å². The van der Waals surface area contributed by atoms with E-state index < -0.39 is 0 Å². The summed E-state index contributed by atoms with van der Waals surface area (Å²) in [4.78, 5) is 2.23. The number of rotatable bonds is 7. The van der Waals surface area contributed by atoms with Crippen LogP contribution in [0.5, 0.6) is 0 Å². The molecule has 0 aliphatic heterocycles. The summed E-state index contributed by atoms with van der Waals surface area (Å²) in [6.07, 6.45) is 5.81. The van der Waals surface area contributed by atoms with E-state index in [0.717, 1.165) is 17.7 Å². The van der Waals surface area contributed by atoms with Gasteiger partial charge in [-0.15, -0.1) is 24.8 Å². The van der Waals surface area contributed by atoms with E-state index in [-0.39, 0.29) is 44.2 Å². The summed E-state index contributed by atoms with van der Waals surface area (Å²) in [6, 6.07) is 19.4. The summed E-state index contributed by atoms with van der Waals surface area (Å²) in [6.45, 7) is 1.02. The van der Waals surface area contributed by atoms with Crippen molar-refractivity contribution >= 4 is 36.1 Å². The van der Waals surface area contributed by atoms with Gasteiger partial charge in [0.05, 0.1) is 0 Å².